The molecule has 278 valence electrons. The van der Waals surface area contributed by atoms with Crippen LogP contribution < -0.4 is 0 Å². The zero-order chi connectivity index (χ0) is 38.9. The lowest BCUT2D eigenvalue weighted by Gasteiger charge is -2.18. The minimum atomic E-state index is 0.340. The summed E-state index contributed by atoms with van der Waals surface area (Å²) in [6, 6.07) is 70.5. The summed E-state index contributed by atoms with van der Waals surface area (Å²) >= 11 is 1.88. The van der Waals surface area contributed by atoms with Gasteiger partial charge in [0.05, 0.1) is 22.4 Å². The first kappa shape index (κ1) is 33.9. The van der Waals surface area contributed by atoms with Crippen molar-refractivity contribution >= 4 is 53.3 Å². The number of fused-ring (bicyclic) bond motifs is 10. The molecule has 0 aliphatic heterocycles. The highest BCUT2D eigenvalue weighted by Crippen LogP contribution is 2.47. The number of rotatable bonds is 5. The highest BCUT2D eigenvalue weighted by Gasteiger charge is 2.26. The van der Waals surface area contributed by atoms with E-state index in [1.54, 1.807) is 0 Å². The number of nitrogens with zero attached hydrogens (tertiary/aromatic N) is 3. The van der Waals surface area contributed by atoms with Crippen LogP contribution in [0.1, 0.15) is 29.0 Å². The van der Waals surface area contributed by atoms with E-state index in [0.29, 0.717) is 11.7 Å². The van der Waals surface area contributed by atoms with Crippen molar-refractivity contribution < 1.29 is 0 Å². The van der Waals surface area contributed by atoms with Crippen LogP contribution >= 0.6 is 11.3 Å². The molecule has 0 spiro atoms. The van der Waals surface area contributed by atoms with Gasteiger partial charge in [0.25, 0.3) is 0 Å². The van der Waals surface area contributed by atoms with E-state index in [0.717, 1.165) is 46.6 Å². The van der Waals surface area contributed by atoms with E-state index in [4.69, 9.17) is 9.97 Å². The third kappa shape index (κ3) is 5.63. The quantitative estimate of drug-likeness (QED) is 0.174. The second-order valence-electron chi connectivity index (χ2n) is 15.6. The molecule has 0 bridgehead atoms. The smallest absolute Gasteiger partial charge is 0.160 e. The van der Waals surface area contributed by atoms with Crippen LogP contribution in [-0.4, -0.2) is 14.5 Å². The van der Waals surface area contributed by atoms with Gasteiger partial charge in [0, 0.05) is 59.2 Å². The van der Waals surface area contributed by atoms with Gasteiger partial charge in [0.2, 0.25) is 0 Å². The van der Waals surface area contributed by atoms with Crippen molar-refractivity contribution in [3.63, 3.8) is 0 Å². The average Bonchev–Trinajstić information content (AvgIpc) is 3.79. The lowest BCUT2D eigenvalue weighted by atomic mass is 9.86. The van der Waals surface area contributed by atoms with Gasteiger partial charge < -0.3 is 4.57 Å². The van der Waals surface area contributed by atoms with Gasteiger partial charge >= 0.3 is 0 Å². The van der Waals surface area contributed by atoms with Crippen molar-refractivity contribution in [3.05, 3.63) is 211 Å². The first-order chi connectivity index (χ1) is 29.2. The summed E-state index contributed by atoms with van der Waals surface area (Å²) in [6.45, 7) is 0. The number of hydrogen-bond donors (Lipinski definition) is 0. The van der Waals surface area contributed by atoms with Crippen LogP contribution in [0.15, 0.2) is 194 Å². The maximum atomic E-state index is 5.15. The van der Waals surface area contributed by atoms with E-state index in [-0.39, 0.29) is 0 Å². The van der Waals surface area contributed by atoms with Crippen molar-refractivity contribution in [1.82, 2.24) is 14.5 Å². The maximum Gasteiger partial charge on any atom is 0.160 e. The molecule has 1 aliphatic carbocycles. The molecule has 0 radical (unpaired) electrons. The molecule has 59 heavy (non-hydrogen) atoms. The summed E-state index contributed by atoms with van der Waals surface area (Å²) in [5.74, 6) is 1.05. The predicted molar refractivity (Wildman–Crippen MR) is 248 cm³/mol. The summed E-state index contributed by atoms with van der Waals surface area (Å²) in [7, 11) is 0. The second-order valence-corrected chi connectivity index (χ2v) is 16.7. The zero-order valence-electron chi connectivity index (χ0n) is 32.2. The molecule has 3 nitrogen and oxygen atoms in total. The van der Waals surface area contributed by atoms with Crippen LogP contribution in [0, 0.1) is 0 Å². The maximum absolute atomic E-state index is 5.15. The van der Waals surface area contributed by atoms with Crippen molar-refractivity contribution in [2.24, 2.45) is 0 Å². The van der Waals surface area contributed by atoms with Gasteiger partial charge in [0.1, 0.15) is 0 Å². The van der Waals surface area contributed by atoms with Gasteiger partial charge in [-0.25, -0.2) is 9.97 Å². The van der Waals surface area contributed by atoms with Gasteiger partial charge in [-0.05, 0) is 95.3 Å². The minimum Gasteiger partial charge on any atom is -0.309 e. The van der Waals surface area contributed by atoms with Crippen LogP contribution in [0.25, 0.3) is 92.7 Å². The van der Waals surface area contributed by atoms with Gasteiger partial charge in [-0.15, -0.1) is 11.3 Å². The highest BCUT2D eigenvalue weighted by atomic mass is 32.1. The zero-order valence-corrected chi connectivity index (χ0v) is 33.0. The number of aromatic nitrogens is 3. The van der Waals surface area contributed by atoms with E-state index in [1.165, 1.54) is 69.8 Å². The molecule has 4 heteroatoms. The van der Waals surface area contributed by atoms with E-state index in [9.17, 15) is 0 Å². The lowest BCUT2D eigenvalue weighted by Crippen LogP contribution is -2.01. The number of hydrogen-bond acceptors (Lipinski definition) is 3. The van der Waals surface area contributed by atoms with Crippen LogP contribution in [0.5, 0.6) is 0 Å². The Balaban J connectivity index is 1.07. The fraction of sp³-hybridized carbons (Fsp3) is 0.0545. The van der Waals surface area contributed by atoms with E-state index in [1.807, 2.05) is 23.5 Å². The molecule has 0 N–H and O–H groups in total. The summed E-state index contributed by atoms with van der Waals surface area (Å²) in [5, 5.41) is 5.17. The molecule has 8 aromatic carbocycles. The standard InChI is InChI=1S/C55H37N3S/c1-4-14-35(15-5-1)41-29-26-39-32-50-47(33-46(39)43-21-11-10-20-42(41)43)44-30-31-52-53(45-22-12-13-23-51(45)59-52)54(44)58(50)40-27-24-38(25-28-40)55-56-48(36-16-6-2-7-17-36)34-49(57-55)37-18-8-3-9-19-37/h1-25,27-28,30-34,41H,26,29H2. The Morgan fingerprint density at radius 3 is 1.90 bits per heavy atom. The van der Waals surface area contributed by atoms with Gasteiger partial charge in [0.15, 0.2) is 5.82 Å². The lowest BCUT2D eigenvalue weighted by molar-refractivity contribution is 0.726. The molecular formula is C55H37N3S. The Labute approximate surface area is 346 Å². The van der Waals surface area contributed by atoms with Crippen molar-refractivity contribution in [3.8, 4) is 50.7 Å². The molecule has 0 saturated heterocycles. The fourth-order valence-electron chi connectivity index (χ4n) is 9.51. The average molecular weight is 772 g/mol. The van der Waals surface area contributed by atoms with Crippen LogP contribution in [0.4, 0.5) is 0 Å². The Morgan fingerprint density at radius 2 is 1.15 bits per heavy atom. The third-order valence-electron chi connectivity index (χ3n) is 12.3. The van der Waals surface area contributed by atoms with Crippen molar-refractivity contribution in [2.45, 2.75) is 18.8 Å². The van der Waals surface area contributed by atoms with Crippen LogP contribution in [-0.2, 0) is 6.42 Å². The molecule has 1 atom stereocenters. The monoisotopic (exact) mass is 771 g/mol. The normalized spacial score (nSPS) is 13.8. The number of thiophene rings is 1. The molecule has 12 rings (SSSR count). The van der Waals surface area contributed by atoms with Gasteiger partial charge in [-0.3, -0.25) is 0 Å². The van der Waals surface area contributed by atoms with E-state index in [2.05, 4.69) is 187 Å². The van der Waals surface area contributed by atoms with Gasteiger partial charge in [-0.1, -0.05) is 140 Å². The molecule has 0 saturated carbocycles. The summed E-state index contributed by atoms with van der Waals surface area (Å²) in [6.07, 6.45) is 2.05. The third-order valence-corrected chi connectivity index (χ3v) is 13.4. The Hall–Kier alpha value is -7.14. The highest BCUT2D eigenvalue weighted by molar-refractivity contribution is 7.26. The Kier molecular flexibility index (Phi) is 7.92. The molecule has 0 fully saturated rings. The second kappa shape index (κ2) is 13.8. The van der Waals surface area contributed by atoms with Crippen molar-refractivity contribution in [2.75, 3.05) is 0 Å². The molecule has 0 amide bonds. The Bertz CT molecular complexity index is 3310. The van der Waals surface area contributed by atoms with E-state index < -0.39 is 0 Å². The molecule has 1 unspecified atom stereocenters. The Morgan fingerprint density at radius 1 is 0.492 bits per heavy atom. The number of benzene rings is 8. The fourth-order valence-corrected chi connectivity index (χ4v) is 10.6. The van der Waals surface area contributed by atoms with Gasteiger partial charge in [-0.2, -0.15) is 0 Å². The molecule has 1 aliphatic rings. The topological polar surface area (TPSA) is 30.7 Å². The minimum absolute atomic E-state index is 0.340. The SMILES string of the molecule is c1ccc(-c2cc(-c3ccccc3)nc(-c3ccc(-n4c5cc6c(cc5c5ccc7sc8ccccc8c7c54)-c4ccccc4C(c4ccccc4)CC6)cc3)n2)cc1. The molecular weight excluding hydrogens is 735 g/mol. The summed E-state index contributed by atoms with van der Waals surface area (Å²) < 4.78 is 5.14. The number of aryl methyl sites for hydroxylation is 1. The van der Waals surface area contributed by atoms with E-state index >= 15 is 0 Å². The van der Waals surface area contributed by atoms with Crippen molar-refractivity contribution in [1.29, 1.82) is 0 Å². The summed E-state index contributed by atoms with van der Waals surface area (Å²) in [5.41, 5.74) is 15.4. The first-order valence-electron chi connectivity index (χ1n) is 20.4. The predicted octanol–water partition coefficient (Wildman–Crippen LogP) is 14.7. The van der Waals surface area contributed by atoms with Crippen LogP contribution in [0.3, 0.4) is 0 Å². The largest absolute Gasteiger partial charge is 0.309 e. The summed E-state index contributed by atoms with van der Waals surface area (Å²) in [4.78, 5) is 10.3. The van der Waals surface area contributed by atoms with Crippen LogP contribution in [0.2, 0.25) is 0 Å². The molecule has 3 aromatic heterocycles. The molecule has 11 aromatic rings. The first-order valence-corrected chi connectivity index (χ1v) is 21.2. The molecule has 3 heterocycles.